The number of hydrogen-bond acceptors (Lipinski definition) is 6. The molecule has 0 saturated heterocycles. The molecule has 3 amide bonds. The average Bonchev–Trinajstić information content (AvgIpc) is 3.01. The van der Waals surface area contributed by atoms with Crippen LogP contribution in [0.5, 0.6) is 0 Å². The minimum atomic E-state index is -1.03. The molecule has 2 aromatic carbocycles. The van der Waals surface area contributed by atoms with Gasteiger partial charge in [0.05, 0.1) is 23.3 Å². The molecule has 1 aliphatic heterocycles. The second-order valence-electron chi connectivity index (χ2n) is 6.60. The van der Waals surface area contributed by atoms with Crippen LogP contribution in [0, 0.1) is 0 Å². The van der Waals surface area contributed by atoms with Crippen molar-refractivity contribution in [2.45, 2.75) is 19.9 Å². The van der Waals surface area contributed by atoms with Gasteiger partial charge in [-0.3, -0.25) is 19.3 Å². The molecule has 0 fully saturated rings. The van der Waals surface area contributed by atoms with Crippen molar-refractivity contribution in [1.29, 1.82) is 0 Å². The molecule has 1 heterocycles. The number of fused-ring (bicyclic) bond motifs is 1. The van der Waals surface area contributed by atoms with Gasteiger partial charge in [-0.2, -0.15) is 0 Å². The van der Waals surface area contributed by atoms with Crippen LogP contribution in [-0.4, -0.2) is 54.5 Å². The minimum absolute atomic E-state index is 0.125. The van der Waals surface area contributed by atoms with E-state index in [0.717, 1.165) is 4.90 Å². The maximum Gasteiger partial charge on any atom is 0.338 e. The third kappa shape index (κ3) is 4.38. The summed E-state index contributed by atoms with van der Waals surface area (Å²) in [6.45, 7) is 4.28. The molecule has 2 aromatic rings. The van der Waals surface area contributed by atoms with Crippen LogP contribution >= 0.6 is 0 Å². The molecule has 0 saturated carbocycles. The molecular formula is C22H22N2O6. The number of imide groups is 1. The number of rotatable bonds is 8. The lowest BCUT2D eigenvalue weighted by Gasteiger charge is -2.21. The van der Waals surface area contributed by atoms with Crippen molar-refractivity contribution >= 4 is 29.4 Å². The fourth-order valence-electron chi connectivity index (χ4n) is 3.07. The topological polar surface area (TPSA) is 102 Å². The number of esters is 1. The molecule has 3 rings (SSSR count). The molecular weight excluding hydrogens is 388 g/mol. The van der Waals surface area contributed by atoms with Crippen LogP contribution in [0.4, 0.5) is 5.69 Å². The standard InChI is InChI=1S/C22H22N2O6/c1-3-29-11-12-30-22(28)15-7-6-8-16(13-15)23-19(25)14(2)24-20(26)17-9-4-5-10-18(17)21(24)27/h4-10,13-14H,3,11-12H2,1-2H3,(H,23,25). The van der Waals surface area contributed by atoms with Crippen molar-refractivity contribution in [2.75, 3.05) is 25.1 Å². The van der Waals surface area contributed by atoms with Gasteiger partial charge in [0.15, 0.2) is 0 Å². The van der Waals surface area contributed by atoms with Crippen LogP contribution in [0.15, 0.2) is 48.5 Å². The van der Waals surface area contributed by atoms with E-state index >= 15 is 0 Å². The Bertz CT molecular complexity index is 952. The molecule has 1 atom stereocenters. The Morgan fingerprint density at radius 2 is 1.67 bits per heavy atom. The van der Waals surface area contributed by atoms with E-state index in [1.54, 1.807) is 42.5 Å². The molecule has 0 aliphatic carbocycles. The van der Waals surface area contributed by atoms with Gasteiger partial charge in [-0.1, -0.05) is 18.2 Å². The summed E-state index contributed by atoms with van der Waals surface area (Å²) in [4.78, 5) is 50.8. The fourth-order valence-corrected chi connectivity index (χ4v) is 3.07. The zero-order valence-electron chi connectivity index (χ0n) is 16.7. The van der Waals surface area contributed by atoms with Gasteiger partial charge in [-0.25, -0.2) is 4.79 Å². The molecule has 1 N–H and O–H groups in total. The molecule has 8 heteroatoms. The first kappa shape index (κ1) is 21.2. The zero-order valence-corrected chi connectivity index (χ0v) is 16.7. The van der Waals surface area contributed by atoms with Gasteiger partial charge in [0.25, 0.3) is 11.8 Å². The van der Waals surface area contributed by atoms with Crippen LogP contribution in [-0.2, 0) is 14.3 Å². The maximum atomic E-state index is 12.7. The summed E-state index contributed by atoms with van der Waals surface area (Å²) in [7, 11) is 0. The number of hydrogen-bond donors (Lipinski definition) is 1. The molecule has 8 nitrogen and oxygen atoms in total. The summed E-state index contributed by atoms with van der Waals surface area (Å²) in [6.07, 6.45) is 0. The first-order valence-electron chi connectivity index (χ1n) is 9.56. The molecule has 0 aromatic heterocycles. The van der Waals surface area contributed by atoms with Crippen molar-refractivity contribution < 1.29 is 28.7 Å². The number of ether oxygens (including phenoxy) is 2. The van der Waals surface area contributed by atoms with Crippen molar-refractivity contribution in [3.63, 3.8) is 0 Å². The monoisotopic (exact) mass is 410 g/mol. The lowest BCUT2D eigenvalue weighted by atomic mass is 10.1. The number of carbonyl (C=O) groups is 4. The third-order valence-corrected chi connectivity index (χ3v) is 4.62. The molecule has 0 radical (unpaired) electrons. The number of benzene rings is 2. The van der Waals surface area contributed by atoms with E-state index in [9.17, 15) is 19.2 Å². The number of amides is 3. The minimum Gasteiger partial charge on any atom is -0.460 e. The van der Waals surface area contributed by atoms with Crippen molar-refractivity contribution in [1.82, 2.24) is 4.90 Å². The first-order chi connectivity index (χ1) is 14.4. The highest BCUT2D eigenvalue weighted by Gasteiger charge is 2.40. The van der Waals surface area contributed by atoms with E-state index in [2.05, 4.69) is 5.32 Å². The second-order valence-corrected chi connectivity index (χ2v) is 6.60. The van der Waals surface area contributed by atoms with Gasteiger partial charge in [-0.15, -0.1) is 0 Å². The van der Waals surface area contributed by atoms with Crippen LogP contribution in [0.1, 0.15) is 44.9 Å². The Labute approximate surface area is 173 Å². The number of nitrogens with zero attached hydrogens (tertiary/aromatic N) is 1. The molecule has 156 valence electrons. The Morgan fingerprint density at radius 3 is 2.30 bits per heavy atom. The quantitative estimate of drug-likeness (QED) is 0.408. The third-order valence-electron chi connectivity index (χ3n) is 4.62. The number of nitrogens with one attached hydrogen (secondary N) is 1. The number of anilines is 1. The zero-order chi connectivity index (χ0) is 21.7. The van der Waals surface area contributed by atoms with E-state index in [0.29, 0.717) is 18.9 Å². The van der Waals surface area contributed by atoms with E-state index in [1.807, 2.05) is 6.92 Å². The summed E-state index contributed by atoms with van der Waals surface area (Å²) in [5, 5.41) is 2.64. The van der Waals surface area contributed by atoms with Gasteiger partial charge in [-0.05, 0) is 44.2 Å². The van der Waals surface area contributed by atoms with Gasteiger partial charge < -0.3 is 14.8 Å². The van der Waals surface area contributed by atoms with Gasteiger partial charge >= 0.3 is 5.97 Å². The summed E-state index contributed by atoms with van der Waals surface area (Å²) in [5.74, 6) is -2.11. The highest BCUT2D eigenvalue weighted by molar-refractivity contribution is 6.23. The van der Waals surface area contributed by atoms with Crippen LogP contribution < -0.4 is 5.32 Å². The van der Waals surface area contributed by atoms with E-state index in [4.69, 9.17) is 9.47 Å². The van der Waals surface area contributed by atoms with Crippen molar-refractivity contribution in [3.8, 4) is 0 Å². The fraction of sp³-hybridized carbons (Fsp3) is 0.273. The molecule has 1 unspecified atom stereocenters. The smallest absolute Gasteiger partial charge is 0.338 e. The van der Waals surface area contributed by atoms with Gasteiger partial charge in [0, 0.05) is 12.3 Å². The number of carbonyl (C=O) groups excluding carboxylic acids is 4. The lowest BCUT2D eigenvalue weighted by molar-refractivity contribution is -0.119. The molecule has 30 heavy (non-hydrogen) atoms. The Morgan fingerprint density at radius 1 is 1.00 bits per heavy atom. The second kappa shape index (κ2) is 9.32. The average molecular weight is 410 g/mol. The van der Waals surface area contributed by atoms with Crippen LogP contribution in [0.25, 0.3) is 0 Å². The summed E-state index contributed by atoms with van der Waals surface area (Å²) in [5.41, 5.74) is 1.17. The highest BCUT2D eigenvalue weighted by atomic mass is 16.6. The van der Waals surface area contributed by atoms with Crippen molar-refractivity contribution in [2.24, 2.45) is 0 Å². The van der Waals surface area contributed by atoms with Gasteiger partial charge in [0.1, 0.15) is 12.6 Å². The Balaban J connectivity index is 1.66. The van der Waals surface area contributed by atoms with Gasteiger partial charge in [0.2, 0.25) is 5.91 Å². The molecule has 1 aliphatic rings. The Hall–Kier alpha value is -3.52. The predicted molar refractivity (Wildman–Crippen MR) is 108 cm³/mol. The lowest BCUT2D eigenvalue weighted by Crippen LogP contribution is -2.45. The van der Waals surface area contributed by atoms with Crippen molar-refractivity contribution in [3.05, 3.63) is 65.2 Å². The Kier molecular flexibility index (Phi) is 6.58. The normalized spacial score (nSPS) is 13.7. The highest BCUT2D eigenvalue weighted by Crippen LogP contribution is 2.25. The van der Waals surface area contributed by atoms with Crippen LogP contribution in [0.2, 0.25) is 0 Å². The van der Waals surface area contributed by atoms with E-state index in [-0.39, 0.29) is 23.3 Å². The molecule has 0 bridgehead atoms. The largest absolute Gasteiger partial charge is 0.460 e. The summed E-state index contributed by atoms with van der Waals surface area (Å²) < 4.78 is 10.2. The SMILES string of the molecule is CCOCCOC(=O)c1cccc(NC(=O)C(C)N2C(=O)c3ccccc3C2=O)c1. The summed E-state index contributed by atoms with van der Waals surface area (Å²) in [6, 6.07) is 11.6. The van der Waals surface area contributed by atoms with E-state index < -0.39 is 29.7 Å². The van der Waals surface area contributed by atoms with Crippen LogP contribution in [0.3, 0.4) is 0 Å². The first-order valence-corrected chi connectivity index (χ1v) is 9.56. The summed E-state index contributed by atoms with van der Waals surface area (Å²) >= 11 is 0. The van der Waals surface area contributed by atoms with E-state index in [1.165, 1.54) is 13.0 Å². The maximum absolute atomic E-state index is 12.7. The molecule has 0 spiro atoms. The predicted octanol–water partition coefficient (Wildman–Crippen LogP) is 2.50.